The van der Waals surface area contributed by atoms with Gasteiger partial charge in [0.05, 0.1) is 6.10 Å². The van der Waals surface area contributed by atoms with Crippen LogP contribution in [0.25, 0.3) is 0 Å². The van der Waals surface area contributed by atoms with Crippen LogP contribution in [0.3, 0.4) is 0 Å². The Bertz CT molecular complexity index is 447. The highest BCUT2D eigenvalue weighted by Gasteiger charge is 2.14. The van der Waals surface area contributed by atoms with E-state index in [4.69, 9.17) is 4.74 Å². The molecule has 0 radical (unpaired) electrons. The molecule has 19 heavy (non-hydrogen) atoms. The minimum absolute atomic E-state index is 0.184. The summed E-state index contributed by atoms with van der Waals surface area (Å²) in [6, 6.07) is 4.15. The van der Waals surface area contributed by atoms with Gasteiger partial charge in [-0.1, -0.05) is 0 Å². The summed E-state index contributed by atoms with van der Waals surface area (Å²) in [5.74, 6) is -0.624. The van der Waals surface area contributed by atoms with Crippen LogP contribution >= 0.6 is 12.6 Å². The third kappa shape index (κ3) is 4.21. The molecule has 1 fully saturated rings. The molecule has 104 valence electrons. The van der Waals surface area contributed by atoms with E-state index in [-0.39, 0.29) is 16.9 Å². The van der Waals surface area contributed by atoms with Gasteiger partial charge in [0, 0.05) is 23.6 Å². The van der Waals surface area contributed by atoms with Gasteiger partial charge in [0.15, 0.2) is 0 Å². The van der Waals surface area contributed by atoms with Crippen LogP contribution < -0.4 is 5.32 Å². The zero-order chi connectivity index (χ0) is 13.7. The normalized spacial score (nSPS) is 19.2. The van der Waals surface area contributed by atoms with Gasteiger partial charge in [-0.2, -0.15) is 0 Å². The Hall–Kier alpha value is -1.07. The number of rotatable bonds is 4. The van der Waals surface area contributed by atoms with Gasteiger partial charge in [0.2, 0.25) is 0 Å². The lowest BCUT2D eigenvalue weighted by Gasteiger charge is -2.22. The molecule has 0 aliphatic carbocycles. The van der Waals surface area contributed by atoms with E-state index in [9.17, 15) is 9.18 Å². The van der Waals surface area contributed by atoms with E-state index in [1.165, 1.54) is 24.6 Å². The molecule has 1 aliphatic heterocycles. The van der Waals surface area contributed by atoms with Crippen LogP contribution in [0.4, 0.5) is 4.39 Å². The van der Waals surface area contributed by atoms with Gasteiger partial charge in [0.1, 0.15) is 5.82 Å². The zero-order valence-corrected chi connectivity index (χ0v) is 11.6. The first-order valence-corrected chi connectivity index (χ1v) is 7.00. The molecule has 1 N–H and O–H groups in total. The summed E-state index contributed by atoms with van der Waals surface area (Å²) in [6.07, 6.45) is 4.46. The quantitative estimate of drug-likeness (QED) is 0.834. The molecule has 1 saturated heterocycles. The Kier molecular flexibility index (Phi) is 5.22. The van der Waals surface area contributed by atoms with Crippen molar-refractivity contribution < 1.29 is 13.9 Å². The molecule has 1 aromatic rings. The van der Waals surface area contributed by atoms with Crippen molar-refractivity contribution in [3.05, 3.63) is 29.6 Å². The van der Waals surface area contributed by atoms with Crippen LogP contribution in [0.5, 0.6) is 0 Å². The molecular formula is C14H18FNO2S. The Morgan fingerprint density at radius 1 is 1.47 bits per heavy atom. The Morgan fingerprint density at radius 2 is 2.32 bits per heavy atom. The fourth-order valence-corrected chi connectivity index (χ4v) is 2.35. The molecule has 0 saturated carbocycles. The van der Waals surface area contributed by atoms with E-state index in [2.05, 4.69) is 17.9 Å². The van der Waals surface area contributed by atoms with E-state index in [1.807, 2.05) is 0 Å². The van der Waals surface area contributed by atoms with Crippen molar-refractivity contribution in [3.63, 3.8) is 0 Å². The maximum atomic E-state index is 13.0. The summed E-state index contributed by atoms with van der Waals surface area (Å²) in [7, 11) is 0. The monoisotopic (exact) mass is 283 g/mol. The van der Waals surface area contributed by atoms with E-state index in [0.717, 1.165) is 25.9 Å². The number of ether oxygens (including phenoxy) is 1. The summed E-state index contributed by atoms with van der Waals surface area (Å²) < 4.78 is 18.6. The second kappa shape index (κ2) is 6.91. The number of carbonyl (C=O) groups is 1. The van der Waals surface area contributed by atoms with Crippen molar-refractivity contribution >= 4 is 18.5 Å². The van der Waals surface area contributed by atoms with Crippen LogP contribution in [-0.2, 0) is 4.74 Å². The largest absolute Gasteiger partial charge is 0.378 e. The average Bonchev–Trinajstić information content (AvgIpc) is 2.43. The lowest BCUT2D eigenvalue weighted by molar-refractivity contribution is 0.0117. The minimum Gasteiger partial charge on any atom is -0.378 e. The van der Waals surface area contributed by atoms with Crippen molar-refractivity contribution in [2.24, 2.45) is 0 Å². The highest BCUT2D eigenvalue weighted by Crippen LogP contribution is 2.16. The summed E-state index contributed by atoms with van der Waals surface area (Å²) in [4.78, 5) is 12.0. The van der Waals surface area contributed by atoms with Crippen LogP contribution in [0, 0.1) is 5.82 Å². The third-order valence-corrected chi connectivity index (χ3v) is 3.58. The molecule has 1 heterocycles. The number of thiol groups is 1. The second-order valence-electron chi connectivity index (χ2n) is 4.70. The van der Waals surface area contributed by atoms with Crippen molar-refractivity contribution in [2.75, 3.05) is 13.2 Å². The summed E-state index contributed by atoms with van der Waals surface area (Å²) in [5, 5.41) is 2.82. The fourth-order valence-electron chi connectivity index (χ4n) is 2.14. The number of amides is 1. The fraction of sp³-hybridized carbons (Fsp3) is 0.500. The number of hydrogen-bond donors (Lipinski definition) is 2. The molecule has 2 rings (SSSR count). The Labute approximate surface area is 117 Å². The predicted octanol–water partition coefficient (Wildman–Crippen LogP) is 2.80. The number of nitrogens with one attached hydrogen (secondary N) is 1. The summed E-state index contributed by atoms with van der Waals surface area (Å²) in [6.45, 7) is 1.39. The van der Waals surface area contributed by atoms with Gasteiger partial charge in [0.25, 0.3) is 5.91 Å². The second-order valence-corrected chi connectivity index (χ2v) is 5.18. The van der Waals surface area contributed by atoms with Gasteiger partial charge in [-0.25, -0.2) is 4.39 Å². The predicted molar refractivity (Wildman–Crippen MR) is 74.2 cm³/mol. The molecule has 3 nitrogen and oxygen atoms in total. The highest BCUT2D eigenvalue weighted by molar-refractivity contribution is 7.80. The average molecular weight is 283 g/mol. The number of benzene rings is 1. The first-order chi connectivity index (χ1) is 9.16. The number of halogens is 1. The van der Waals surface area contributed by atoms with E-state index >= 15 is 0 Å². The number of carbonyl (C=O) groups excluding carboxylic acids is 1. The van der Waals surface area contributed by atoms with Crippen molar-refractivity contribution in [1.29, 1.82) is 0 Å². The van der Waals surface area contributed by atoms with Gasteiger partial charge in [-0.05, 0) is 43.9 Å². The highest BCUT2D eigenvalue weighted by atomic mass is 32.1. The van der Waals surface area contributed by atoms with Crippen molar-refractivity contribution in [3.8, 4) is 0 Å². The number of hydrogen-bond acceptors (Lipinski definition) is 3. The molecule has 0 aromatic heterocycles. The molecule has 1 unspecified atom stereocenters. The maximum Gasteiger partial charge on any atom is 0.251 e. The summed E-state index contributed by atoms with van der Waals surface area (Å²) in [5.41, 5.74) is 0.427. The lowest BCUT2D eigenvalue weighted by Crippen LogP contribution is -2.29. The Morgan fingerprint density at radius 3 is 3.00 bits per heavy atom. The SMILES string of the molecule is O=C(NCCC1CCCCO1)c1ccc(F)c(S)c1. The van der Waals surface area contributed by atoms with Gasteiger partial charge < -0.3 is 10.1 Å². The first-order valence-electron chi connectivity index (χ1n) is 6.55. The van der Waals surface area contributed by atoms with E-state index in [1.54, 1.807) is 0 Å². The van der Waals surface area contributed by atoms with Crippen LogP contribution in [0.2, 0.25) is 0 Å². The van der Waals surface area contributed by atoms with Gasteiger partial charge in [-0.3, -0.25) is 4.79 Å². The Balaban J connectivity index is 1.78. The molecular weight excluding hydrogens is 265 g/mol. The third-order valence-electron chi connectivity index (χ3n) is 3.23. The van der Waals surface area contributed by atoms with E-state index < -0.39 is 5.82 Å². The minimum atomic E-state index is -0.421. The molecule has 1 aromatic carbocycles. The molecule has 1 amide bonds. The van der Waals surface area contributed by atoms with Crippen LogP contribution in [-0.4, -0.2) is 25.2 Å². The van der Waals surface area contributed by atoms with Crippen LogP contribution in [0.15, 0.2) is 23.1 Å². The lowest BCUT2D eigenvalue weighted by atomic mass is 10.1. The van der Waals surface area contributed by atoms with Gasteiger partial charge in [-0.15, -0.1) is 12.6 Å². The molecule has 0 spiro atoms. The zero-order valence-electron chi connectivity index (χ0n) is 10.7. The van der Waals surface area contributed by atoms with Gasteiger partial charge >= 0.3 is 0 Å². The molecule has 1 atom stereocenters. The summed E-state index contributed by atoms with van der Waals surface area (Å²) >= 11 is 3.96. The first kappa shape index (κ1) is 14.3. The smallest absolute Gasteiger partial charge is 0.251 e. The van der Waals surface area contributed by atoms with Crippen molar-refractivity contribution in [2.45, 2.75) is 36.7 Å². The maximum absolute atomic E-state index is 13.0. The van der Waals surface area contributed by atoms with Crippen LogP contribution in [0.1, 0.15) is 36.0 Å². The van der Waals surface area contributed by atoms with E-state index in [0.29, 0.717) is 12.1 Å². The van der Waals surface area contributed by atoms with Crippen molar-refractivity contribution in [1.82, 2.24) is 5.32 Å². The molecule has 5 heteroatoms. The molecule has 0 bridgehead atoms. The molecule has 1 aliphatic rings. The standard InChI is InChI=1S/C14H18FNO2S/c15-12-5-4-10(9-13(12)19)14(17)16-7-6-11-3-1-2-8-18-11/h4-5,9,11,19H,1-3,6-8H2,(H,16,17). The topological polar surface area (TPSA) is 38.3 Å².